The Bertz CT molecular complexity index is 1040. The van der Waals surface area contributed by atoms with Crippen molar-refractivity contribution in [1.29, 1.82) is 0 Å². The average Bonchev–Trinajstić information content (AvgIpc) is 3.42. The van der Waals surface area contributed by atoms with E-state index in [9.17, 15) is 0 Å². The highest BCUT2D eigenvalue weighted by atomic mass is 16.5. The van der Waals surface area contributed by atoms with Gasteiger partial charge in [0, 0.05) is 28.8 Å². The topological polar surface area (TPSA) is 65.7 Å². The van der Waals surface area contributed by atoms with Gasteiger partial charge in [0.2, 0.25) is 0 Å². The van der Waals surface area contributed by atoms with Crippen molar-refractivity contribution in [2.24, 2.45) is 0 Å². The highest BCUT2D eigenvalue weighted by molar-refractivity contribution is 5.78. The summed E-state index contributed by atoms with van der Waals surface area (Å²) < 4.78 is 8.40. The Morgan fingerprint density at radius 2 is 1.93 bits per heavy atom. The van der Waals surface area contributed by atoms with Crippen molar-refractivity contribution < 1.29 is 4.74 Å². The van der Waals surface area contributed by atoms with E-state index >= 15 is 0 Å². The molecule has 4 heterocycles. The van der Waals surface area contributed by atoms with Gasteiger partial charge in [-0.1, -0.05) is 13.8 Å². The second-order valence-electron chi connectivity index (χ2n) is 9.03. The molecule has 0 radical (unpaired) electrons. The molecule has 0 N–H and O–H groups in total. The summed E-state index contributed by atoms with van der Waals surface area (Å²) in [5.74, 6) is 1.50. The SMILES string of the molecule is Cc1ccc2c(C(C)C)nc([C@@H]3C[C@@H](C)O[C@@H](c4cnn(C5CC5)c4)C3)nc2n1. The van der Waals surface area contributed by atoms with E-state index in [1.807, 2.05) is 19.2 Å². The monoisotopic (exact) mass is 391 g/mol. The number of hydrogen-bond donors (Lipinski definition) is 0. The molecule has 2 aliphatic rings. The quantitative estimate of drug-likeness (QED) is 0.625. The molecule has 29 heavy (non-hydrogen) atoms. The van der Waals surface area contributed by atoms with Gasteiger partial charge in [0.25, 0.3) is 0 Å². The molecule has 5 rings (SSSR count). The van der Waals surface area contributed by atoms with Gasteiger partial charge in [0.05, 0.1) is 30.1 Å². The molecule has 1 saturated carbocycles. The van der Waals surface area contributed by atoms with Crippen molar-refractivity contribution in [1.82, 2.24) is 24.7 Å². The lowest BCUT2D eigenvalue weighted by Gasteiger charge is -2.33. The van der Waals surface area contributed by atoms with E-state index < -0.39 is 0 Å². The molecule has 0 spiro atoms. The van der Waals surface area contributed by atoms with Crippen molar-refractivity contribution >= 4 is 11.0 Å². The summed E-state index contributed by atoms with van der Waals surface area (Å²) in [7, 11) is 0. The Labute approximate surface area is 171 Å². The van der Waals surface area contributed by atoms with Crippen LogP contribution in [0.2, 0.25) is 0 Å². The minimum absolute atomic E-state index is 0.0449. The number of nitrogens with zero attached hydrogens (tertiary/aromatic N) is 5. The third-order valence-corrected chi connectivity index (χ3v) is 6.08. The molecule has 0 bridgehead atoms. The van der Waals surface area contributed by atoms with E-state index in [4.69, 9.17) is 19.7 Å². The summed E-state index contributed by atoms with van der Waals surface area (Å²) in [5, 5.41) is 5.63. The molecular formula is C23H29N5O. The summed E-state index contributed by atoms with van der Waals surface area (Å²) >= 11 is 0. The normalized spacial score (nSPS) is 25.1. The maximum Gasteiger partial charge on any atom is 0.163 e. The van der Waals surface area contributed by atoms with Crippen LogP contribution < -0.4 is 0 Å². The summed E-state index contributed by atoms with van der Waals surface area (Å²) in [6, 6.07) is 4.74. The lowest BCUT2D eigenvalue weighted by molar-refractivity contribution is -0.0511. The number of pyridine rings is 1. The second-order valence-corrected chi connectivity index (χ2v) is 9.03. The van der Waals surface area contributed by atoms with E-state index in [0.29, 0.717) is 12.0 Å². The second kappa shape index (κ2) is 7.17. The first kappa shape index (κ1) is 18.7. The number of hydrogen-bond acceptors (Lipinski definition) is 5. The van der Waals surface area contributed by atoms with E-state index in [0.717, 1.165) is 41.1 Å². The van der Waals surface area contributed by atoms with Crippen LogP contribution in [0.5, 0.6) is 0 Å². The number of fused-ring (bicyclic) bond motifs is 1. The minimum atomic E-state index is 0.0449. The van der Waals surface area contributed by atoms with Crippen molar-refractivity contribution in [3.63, 3.8) is 0 Å². The van der Waals surface area contributed by atoms with E-state index in [2.05, 4.69) is 42.8 Å². The average molecular weight is 392 g/mol. The van der Waals surface area contributed by atoms with Crippen LogP contribution in [0.25, 0.3) is 11.0 Å². The molecule has 6 nitrogen and oxygen atoms in total. The smallest absolute Gasteiger partial charge is 0.163 e. The summed E-state index contributed by atoms with van der Waals surface area (Å²) in [6.45, 7) is 8.54. The predicted octanol–water partition coefficient (Wildman–Crippen LogP) is 5.01. The maximum absolute atomic E-state index is 6.30. The van der Waals surface area contributed by atoms with Crippen molar-refractivity contribution in [2.75, 3.05) is 0 Å². The molecule has 0 unspecified atom stereocenters. The molecule has 152 valence electrons. The number of aryl methyl sites for hydroxylation is 1. The van der Waals surface area contributed by atoms with Gasteiger partial charge in [-0.2, -0.15) is 5.10 Å². The zero-order valence-corrected chi connectivity index (χ0v) is 17.7. The molecule has 1 aliphatic heterocycles. The van der Waals surface area contributed by atoms with Crippen LogP contribution in [0.1, 0.15) is 93.2 Å². The van der Waals surface area contributed by atoms with Crippen LogP contribution in [0.15, 0.2) is 24.5 Å². The van der Waals surface area contributed by atoms with E-state index in [1.165, 1.54) is 18.4 Å². The van der Waals surface area contributed by atoms with E-state index in [1.54, 1.807) is 0 Å². The molecule has 3 aromatic rings. The van der Waals surface area contributed by atoms with Gasteiger partial charge in [-0.25, -0.2) is 15.0 Å². The van der Waals surface area contributed by atoms with Gasteiger partial charge in [0.1, 0.15) is 5.82 Å². The highest BCUT2D eigenvalue weighted by Crippen LogP contribution is 2.41. The fourth-order valence-corrected chi connectivity index (χ4v) is 4.40. The van der Waals surface area contributed by atoms with Crippen LogP contribution in [-0.2, 0) is 4.74 Å². The molecule has 0 aromatic carbocycles. The lowest BCUT2D eigenvalue weighted by atomic mass is 9.89. The Kier molecular flexibility index (Phi) is 4.62. The summed E-state index contributed by atoms with van der Waals surface area (Å²) in [4.78, 5) is 14.6. The first-order valence-corrected chi connectivity index (χ1v) is 10.8. The van der Waals surface area contributed by atoms with Gasteiger partial charge in [-0.15, -0.1) is 0 Å². The summed E-state index contributed by atoms with van der Waals surface area (Å²) in [6.07, 6.45) is 8.64. The molecule has 1 saturated heterocycles. The number of rotatable bonds is 4. The van der Waals surface area contributed by atoms with Gasteiger partial charge in [0.15, 0.2) is 5.65 Å². The van der Waals surface area contributed by atoms with Gasteiger partial charge in [-0.05, 0) is 57.6 Å². The van der Waals surface area contributed by atoms with Gasteiger partial charge in [-0.3, -0.25) is 4.68 Å². The molecule has 2 fully saturated rings. The zero-order chi connectivity index (χ0) is 20.1. The van der Waals surface area contributed by atoms with Crippen LogP contribution in [0.4, 0.5) is 0 Å². The Morgan fingerprint density at radius 3 is 2.69 bits per heavy atom. The number of ether oxygens (including phenoxy) is 1. The predicted molar refractivity (Wildman–Crippen MR) is 112 cm³/mol. The first-order chi connectivity index (χ1) is 14.0. The fourth-order valence-electron chi connectivity index (χ4n) is 4.40. The summed E-state index contributed by atoms with van der Waals surface area (Å²) in [5.41, 5.74) is 4.07. The zero-order valence-electron chi connectivity index (χ0n) is 17.7. The molecule has 3 atom stereocenters. The Hall–Kier alpha value is -2.34. The van der Waals surface area contributed by atoms with Crippen molar-refractivity contribution in [3.8, 4) is 0 Å². The third-order valence-electron chi connectivity index (χ3n) is 6.08. The van der Waals surface area contributed by atoms with Crippen LogP contribution in [-0.4, -0.2) is 30.8 Å². The Morgan fingerprint density at radius 1 is 1.10 bits per heavy atom. The highest BCUT2D eigenvalue weighted by Gasteiger charge is 2.33. The Balaban J connectivity index is 1.49. The van der Waals surface area contributed by atoms with Gasteiger partial charge < -0.3 is 4.74 Å². The third kappa shape index (κ3) is 3.66. The first-order valence-electron chi connectivity index (χ1n) is 10.8. The molecule has 0 amide bonds. The lowest BCUT2D eigenvalue weighted by Crippen LogP contribution is -2.26. The number of aromatic nitrogens is 5. The maximum atomic E-state index is 6.30. The standard InChI is InChI=1S/C23H29N5O/c1-13(2)21-19-8-5-14(3)25-23(19)27-22(26-21)16-9-15(4)29-20(10-16)17-11-24-28(12-17)18-6-7-18/h5,8,11-13,15-16,18,20H,6-7,9-10H2,1-4H3/t15-,16-,20-/m1/s1. The molecule has 6 heteroatoms. The minimum Gasteiger partial charge on any atom is -0.370 e. The van der Waals surface area contributed by atoms with Gasteiger partial charge >= 0.3 is 0 Å². The van der Waals surface area contributed by atoms with Crippen LogP contribution in [0.3, 0.4) is 0 Å². The van der Waals surface area contributed by atoms with Crippen LogP contribution in [0, 0.1) is 6.92 Å². The fraction of sp³-hybridized carbons (Fsp3) is 0.565. The van der Waals surface area contributed by atoms with E-state index in [-0.39, 0.29) is 18.1 Å². The molecule has 3 aromatic heterocycles. The van der Waals surface area contributed by atoms with Crippen molar-refractivity contribution in [2.45, 2.75) is 83.5 Å². The largest absolute Gasteiger partial charge is 0.370 e. The van der Waals surface area contributed by atoms with Crippen molar-refractivity contribution in [3.05, 3.63) is 47.3 Å². The molecular weight excluding hydrogens is 362 g/mol. The van der Waals surface area contributed by atoms with Crippen LogP contribution >= 0.6 is 0 Å². The molecule has 1 aliphatic carbocycles.